The Morgan fingerprint density at radius 1 is 1.73 bits per heavy atom. The highest BCUT2D eigenvalue weighted by Gasteiger charge is 2.56. The van der Waals surface area contributed by atoms with Gasteiger partial charge in [0.1, 0.15) is 11.8 Å². The largest absolute Gasteiger partial charge is 0.350 e. The molecule has 2 fully saturated rings. The molecule has 0 aromatic rings. The van der Waals surface area contributed by atoms with Crippen molar-refractivity contribution in [1.82, 2.24) is 0 Å². The minimum absolute atomic E-state index is 0.230. The topological polar surface area (TPSA) is 38.5 Å². The smallest absolute Gasteiger partial charge is 0.143 e. The fraction of sp³-hybridized carbons (Fsp3) is 0.778. The highest BCUT2D eigenvalue weighted by atomic mass is 16.6. The molecule has 2 heteroatoms. The molecule has 11 heavy (non-hydrogen) atoms. The van der Waals surface area contributed by atoms with Gasteiger partial charge < -0.3 is 10.5 Å². The minimum atomic E-state index is -0.230. The highest BCUT2D eigenvalue weighted by Crippen LogP contribution is 2.47. The van der Waals surface area contributed by atoms with Gasteiger partial charge in [0.2, 0.25) is 0 Å². The first kappa shape index (κ1) is 7.32. The van der Waals surface area contributed by atoms with E-state index in [0.717, 1.165) is 19.3 Å². The molecule has 0 amide bonds. The number of hydrogen-bond acceptors (Lipinski definition) is 2. The van der Waals surface area contributed by atoms with E-state index in [1.807, 2.05) is 0 Å². The average Bonchev–Trinajstić information content (AvgIpc) is 2.58. The van der Waals surface area contributed by atoms with E-state index in [1.54, 1.807) is 0 Å². The van der Waals surface area contributed by atoms with Crippen LogP contribution in [0.25, 0.3) is 0 Å². The van der Waals surface area contributed by atoms with Gasteiger partial charge in [-0.2, -0.15) is 0 Å². The Hall–Kier alpha value is -0.340. The quantitative estimate of drug-likeness (QED) is 0.457. The van der Waals surface area contributed by atoms with E-state index in [4.69, 9.17) is 10.5 Å². The molecule has 62 valence electrons. The van der Waals surface area contributed by atoms with Crippen molar-refractivity contribution in [2.45, 2.75) is 38.0 Å². The maximum absolute atomic E-state index is 5.86. The summed E-state index contributed by atoms with van der Waals surface area (Å²) in [6.07, 6.45) is 3.58. The normalized spacial score (nSPS) is 48.2. The Kier molecular flexibility index (Phi) is 1.38. The second-order valence-corrected chi connectivity index (χ2v) is 3.88. The van der Waals surface area contributed by atoms with Gasteiger partial charge in [-0.25, -0.2) is 0 Å². The van der Waals surface area contributed by atoms with Gasteiger partial charge in [0.15, 0.2) is 0 Å². The van der Waals surface area contributed by atoms with Gasteiger partial charge in [-0.1, -0.05) is 12.2 Å². The summed E-state index contributed by atoms with van der Waals surface area (Å²) < 4.78 is 5.38. The molecule has 0 bridgehead atoms. The van der Waals surface area contributed by atoms with Crippen LogP contribution < -0.4 is 5.73 Å². The van der Waals surface area contributed by atoms with Crippen LogP contribution in [-0.4, -0.2) is 11.8 Å². The average molecular weight is 153 g/mol. The first-order valence-electron chi connectivity index (χ1n) is 4.24. The van der Waals surface area contributed by atoms with Gasteiger partial charge in [-0.15, -0.1) is 0 Å². The highest BCUT2D eigenvalue weighted by molar-refractivity contribution is 5.09. The monoisotopic (exact) mass is 153 g/mol. The van der Waals surface area contributed by atoms with Crippen molar-refractivity contribution in [2.24, 2.45) is 11.7 Å². The van der Waals surface area contributed by atoms with Crippen LogP contribution in [0.4, 0.5) is 0 Å². The van der Waals surface area contributed by atoms with Crippen LogP contribution in [-0.2, 0) is 4.74 Å². The summed E-state index contributed by atoms with van der Waals surface area (Å²) >= 11 is 0. The standard InChI is InChI=1S/C9H15NO/c1-6(2)7-3-4-9(10)8(5-7)11-9/h7-8H,1,3-5,10H2,2H3/t7-,8+,9-/m1/s1. The lowest BCUT2D eigenvalue weighted by molar-refractivity contribution is 0.290. The van der Waals surface area contributed by atoms with Crippen molar-refractivity contribution < 1.29 is 4.74 Å². The summed E-state index contributed by atoms with van der Waals surface area (Å²) in [5, 5.41) is 0. The van der Waals surface area contributed by atoms with E-state index in [-0.39, 0.29) is 5.72 Å². The molecule has 1 aliphatic carbocycles. The molecule has 2 rings (SSSR count). The van der Waals surface area contributed by atoms with Crippen LogP contribution in [0.1, 0.15) is 26.2 Å². The zero-order valence-electron chi connectivity index (χ0n) is 6.97. The first-order valence-corrected chi connectivity index (χ1v) is 4.24. The van der Waals surface area contributed by atoms with Crippen LogP contribution >= 0.6 is 0 Å². The van der Waals surface area contributed by atoms with Crippen molar-refractivity contribution >= 4 is 0 Å². The first-order chi connectivity index (χ1) is 5.12. The number of allylic oxidation sites excluding steroid dienone is 1. The number of ether oxygens (including phenoxy) is 1. The van der Waals surface area contributed by atoms with Crippen LogP contribution in [0.5, 0.6) is 0 Å². The van der Waals surface area contributed by atoms with Crippen LogP contribution in [0.2, 0.25) is 0 Å². The maximum atomic E-state index is 5.86. The van der Waals surface area contributed by atoms with E-state index in [0.29, 0.717) is 12.0 Å². The second-order valence-electron chi connectivity index (χ2n) is 3.88. The van der Waals surface area contributed by atoms with Gasteiger partial charge >= 0.3 is 0 Å². The molecule has 0 unspecified atom stereocenters. The molecule has 2 aliphatic rings. The maximum Gasteiger partial charge on any atom is 0.143 e. The molecule has 2 nitrogen and oxygen atoms in total. The van der Waals surface area contributed by atoms with Gasteiger partial charge in [-0.3, -0.25) is 0 Å². The summed E-state index contributed by atoms with van der Waals surface area (Å²) in [7, 11) is 0. The fourth-order valence-electron chi connectivity index (χ4n) is 1.92. The molecular formula is C9H15NO. The Balaban J connectivity index is 1.98. The van der Waals surface area contributed by atoms with E-state index >= 15 is 0 Å². The summed E-state index contributed by atoms with van der Waals surface area (Å²) in [6.45, 7) is 6.05. The molecule has 0 aromatic heterocycles. The summed E-state index contributed by atoms with van der Waals surface area (Å²) in [4.78, 5) is 0. The number of rotatable bonds is 1. The lowest BCUT2D eigenvalue weighted by Gasteiger charge is -2.21. The number of fused-ring (bicyclic) bond motifs is 1. The zero-order valence-corrected chi connectivity index (χ0v) is 6.97. The fourth-order valence-corrected chi connectivity index (χ4v) is 1.92. The third kappa shape index (κ3) is 1.10. The SMILES string of the molecule is C=C(C)[C@@H]1CC[C@@]2(N)O[C@H]2C1. The lowest BCUT2D eigenvalue weighted by atomic mass is 9.83. The predicted molar refractivity (Wildman–Crippen MR) is 43.9 cm³/mol. The summed E-state index contributed by atoms with van der Waals surface area (Å²) in [6, 6.07) is 0. The molecule has 1 heterocycles. The molecule has 1 saturated heterocycles. The predicted octanol–water partition coefficient (Wildman–Crippen LogP) is 1.42. The molecule has 2 N–H and O–H groups in total. The van der Waals surface area contributed by atoms with Gasteiger partial charge in [0.25, 0.3) is 0 Å². The van der Waals surface area contributed by atoms with Crippen molar-refractivity contribution in [2.75, 3.05) is 0 Å². The van der Waals surface area contributed by atoms with Crippen molar-refractivity contribution in [3.05, 3.63) is 12.2 Å². The summed E-state index contributed by atoms with van der Waals surface area (Å²) in [5.74, 6) is 0.652. The molecule has 1 saturated carbocycles. The van der Waals surface area contributed by atoms with Crippen LogP contribution in [0.3, 0.4) is 0 Å². The van der Waals surface area contributed by atoms with Gasteiger partial charge in [-0.05, 0) is 32.1 Å². The summed E-state index contributed by atoms with van der Waals surface area (Å²) in [5.41, 5.74) is 6.91. The molecule has 0 radical (unpaired) electrons. The van der Waals surface area contributed by atoms with E-state index < -0.39 is 0 Å². The zero-order chi connectivity index (χ0) is 8.06. The Morgan fingerprint density at radius 3 is 3.00 bits per heavy atom. The van der Waals surface area contributed by atoms with Crippen molar-refractivity contribution in [1.29, 1.82) is 0 Å². The molecule has 1 aliphatic heterocycles. The number of hydrogen-bond donors (Lipinski definition) is 1. The Morgan fingerprint density at radius 2 is 2.45 bits per heavy atom. The van der Waals surface area contributed by atoms with Crippen molar-refractivity contribution in [3.8, 4) is 0 Å². The Bertz CT molecular complexity index is 202. The van der Waals surface area contributed by atoms with E-state index in [9.17, 15) is 0 Å². The van der Waals surface area contributed by atoms with Crippen LogP contribution in [0.15, 0.2) is 12.2 Å². The molecule has 0 aromatic carbocycles. The van der Waals surface area contributed by atoms with Crippen molar-refractivity contribution in [3.63, 3.8) is 0 Å². The molecular weight excluding hydrogens is 138 g/mol. The van der Waals surface area contributed by atoms with Crippen LogP contribution in [0, 0.1) is 5.92 Å². The molecule has 3 atom stereocenters. The Labute approximate surface area is 67.4 Å². The lowest BCUT2D eigenvalue weighted by Crippen LogP contribution is -2.32. The van der Waals surface area contributed by atoms with E-state index in [1.165, 1.54) is 5.57 Å². The van der Waals surface area contributed by atoms with Gasteiger partial charge in [0.05, 0.1) is 0 Å². The number of nitrogens with two attached hydrogens (primary N) is 1. The third-order valence-electron chi connectivity index (χ3n) is 2.93. The minimum Gasteiger partial charge on any atom is -0.350 e. The second kappa shape index (κ2) is 2.08. The van der Waals surface area contributed by atoms with E-state index in [2.05, 4.69) is 13.5 Å². The molecule has 0 spiro atoms. The number of epoxide rings is 1. The third-order valence-corrected chi connectivity index (χ3v) is 2.93. The van der Waals surface area contributed by atoms with Gasteiger partial charge in [0, 0.05) is 0 Å².